The van der Waals surface area contributed by atoms with Gasteiger partial charge in [0.2, 0.25) is 0 Å². The fraction of sp³-hybridized carbons (Fsp3) is 0. The van der Waals surface area contributed by atoms with Crippen LogP contribution in [0.1, 0.15) is 0 Å². The van der Waals surface area contributed by atoms with Crippen molar-refractivity contribution in [3.05, 3.63) is 146 Å². The van der Waals surface area contributed by atoms with Gasteiger partial charge in [-0.3, -0.25) is 0 Å². The number of hydrogen-bond acceptors (Lipinski definition) is 3. The van der Waals surface area contributed by atoms with E-state index in [2.05, 4.69) is 140 Å². The van der Waals surface area contributed by atoms with E-state index in [9.17, 15) is 0 Å². The molecule has 0 radical (unpaired) electrons. The third-order valence-electron chi connectivity index (χ3n) is 9.23. The van der Waals surface area contributed by atoms with E-state index >= 15 is 0 Å². The van der Waals surface area contributed by atoms with Gasteiger partial charge in [-0.2, -0.15) is 0 Å². The summed E-state index contributed by atoms with van der Waals surface area (Å²) in [6.45, 7) is 0. The van der Waals surface area contributed by atoms with Crippen molar-refractivity contribution in [2.75, 3.05) is 0 Å². The summed E-state index contributed by atoms with van der Waals surface area (Å²) >= 11 is 0. The predicted molar refractivity (Wildman–Crippen MR) is 188 cm³/mol. The fourth-order valence-electron chi connectivity index (χ4n) is 7.15. The van der Waals surface area contributed by atoms with Crippen molar-refractivity contribution >= 4 is 75.9 Å². The molecule has 0 unspecified atom stereocenters. The summed E-state index contributed by atoms with van der Waals surface area (Å²) in [6, 6.07) is 51.3. The second-order valence-corrected chi connectivity index (χ2v) is 11.7. The Kier molecular flexibility index (Phi) is 5.00. The Bertz CT molecular complexity index is 2810. The highest BCUT2D eigenvalue weighted by Gasteiger charge is 2.17. The van der Waals surface area contributed by atoms with Crippen molar-refractivity contribution in [3.63, 3.8) is 0 Å². The quantitative estimate of drug-likeness (QED) is 0.193. The van der Waals surface area contributed by atoms with Crippen LogP contribution in [0.3, 0.4) is 0 Å². The molecule has 3 heteroatoms. The Morgan fingerprint density at radius 3 is 1.76 bits per heavy atom. The summed E-state index contributed by atoms with van der Waals surface area (Å²) in [5, 5.41) is 13.0. The Morgan fingerprint density at radius 1 is 0.378 bits per heavy atom. The van der Waals surface area contributed by atoms with Crippen LogP contribution in [0.5, 0.6) is 0 Å². The monoisotopic (exact) mass is 572 g/mol. The first kappa shape index (κ1) is 24.4. The van der Waals surface area contributed by atoms with Gasteiger partial charge in [-0.1, -0.05) is 109 Å². The number of aromatic nitrogens is 2. The van der Waals surface area contributed by atoms with Gasteiger partial charge in [-0.15, -0.1) is 0 Å². The van der Waals surface area contributed by atoms with Crippen LogP contribution in [0.25, 0.3) is 98.6 Å². The van der Waals surface area contributed by atoms with Crippen LogP contribution in [-0.2, 0) is 0 Å². The highest BCUT2D eigenvalue weighted by molar-refractivity contribution is 6.28. The molecule has 2 aromatic heterocycles. The normalized spacial score (nSPS) is 12.0. The van der Waals surface area contributed by atoms with Gasteiger partial charge >= 0.3 is 0 Å². The Hall–Kier alpha value is -6.06. The minimum Gasteiger partial charge on any atom is -0.456 e. The third-order valence-corrected chi connectivity index (χ3v) is 9.23. The largest absolute Gasteiger partial charge is 0.456 e. The summed E-state index contributed by atoms with van der Waals surface area (Å²) in [5.41, 5.74) is 5.63. The Balaban J connectivity index is 1.25. The molecular weight excluding hydrogens is 548 g/mol. The smallest absolute Gasteiger partial charge is 0.160 e. The van der Waals surface area contributed by atoms with E-state index in [1.807, 2.05) is 6.07 Å². The summed E-state index contributed by atoms with van der Waals surface area (Å²) in [6.07, 6.45) is 0. The first-order valence-corrected chi connectivity index (χ1v) is 15.2. The van der Waals surface area contributed by atoms with Crippen molar-refractivity contribution in [1.29, 1.82) is 0 Å². The van der Waals surface area contributed by atoms with Gasteiger partial charge in [0.05, 0.1) is 11.2 Å². The van der Waals surface area contributed by atoms with Gasteiger partial charge in [-0.25, -0.2) is 9.97 Å². The molecular formula is C42H24N2O. The molecule has 0 amide bonds. The zero-order chi connectivity index (χ0) is 29.5. The Labute approximate surface area is 258 Å². The van der Waals surface area contributed by atoms with E-state index in [0.29, 0.717) is 5.82 Å². The molecule has 0 fully saturated rings. The van der Waals surface area contributed by atoms with Crippen molar-refractivity contribution in [2.45, 2.75) is 0 Å². The van der Waals surface area contributed by atoms with Crippen LogP contribution < -0.4 is 0 Å². The minimum absolute atomic E-state index is 0.699. The second-order valence-electron chi connectivity index (χ2n) is 11.7. The summed E-state index contributed by atoms with van der Waals surface area (Å²) in [4.78, 5) is 10.4. The van der Waals surface area contributed by atoms with Gasteiger partial charge in [-0.05, 0) is 79.5 Å². The molecule has 0 saturated carbocycles. The molecule has 0 N–H and O–H groups in total. The maximum absolute atomic E-state index is 6.48. The fourth-order valence-corrected chi connectivity index (χ4v) is 7.15. The molecule has 0 aliphatic heterocycles. The van der Waals surface area contributed by atoms with Crippen LogP contribution >= 0.6 is 0 Å². The highest BCUT2D eigenvalue weighted by Crippen LogP contribution is 2.41. The lowest BCUT2D eigenvalue weighted by molar-refractivity contribution is 0.669. The summed E-state index contributed by atoms with van der Waals surface area (Å²) in [5.74, 6) is 0.699. The van der Waals surface area contributed by atoms with Gasteiger partial charge < -0.3 is 4.42 Å². The zero-order valence-corrected chi connectivity index (χ0v) is 24.2. The predicted octanol–water partition coefficient (Wildman–Crippen LogP) is 11.5. The maximum Gasteiger partial charge on any atom is 0.160 e. The molecule has 8 aromatic carbocycles. The molecule has 0 aliphatic carbocycles. The highest BCUT2D eigenvalue weighted by atomic mass is 16.3. The van der Waals surface area contributed by atoms with Gasteiger partial charge in [0.25, 0.3) is 0 Å². The molecule has 0 aliphatic rings. The van der Waals surface area contributed by atoms with Crippen LogP contribution in [0.4, 0.5) is 0 Å². The Morgan fingerprint density at radius 2 is 1.00 bits per heavy atom. The van der Waals surface area contributed by atoms with Crippen LogP contribution in [0.15, 0.2) is 150 Å². The minimum atomic E-state index is 0.699. The van der Waals surface area contributed by atoms with E-state index in [-0.39, 0.29) is 0 Å². The van der Waals surface area contributed by atoms with Gasteiger partial charge in [0, 0.05) is 27.3 Å². The van der Waals surface area contributed by atoms with Crippen molar-refractivity contribution < 1.29 is 4.42 Å². The molecule has 208 valence electrons. The third kappa shape index (κ3) is 3.58. The number of nitrogens with zero attached hydrogens (tertiary/aromatic N) is 2. The van der Waals surface area contributed by atoms with Crippen LogP contribution in [-0.4, -0.2) is 9.97 Å². The number of hydrogen-bond donors (Lipinski definition) is 0. The van der Waals surface area contributed by atoms with Crippen LogP contribution in [0, 0.1) is 0 Å². The van der Waals surface area contributed by atoms with Crippen molar-refractivity contribution in [3.8, 4) is 22.6 Å². The SMILES string of the molecule is c1ccc(-c2nc(-c3ccc4oc5cc6c7ccccc7c7ccccc7c6cc5c4c3)nc3ccc4ccccc4c23)cc1. The standard InChI is InChI=1S/C42H24N2O/c1-2-11-26(12-3-1)41-40-28-13-5-4-10-25(28)18-20-37(40)43-42(44-41)27-19-21-38-35(22-27)36-23-33-31-16-8-6-14-29(31)30-15-7-9-17-32(30)34(33)24-39(36)45-38/h1-24H. The average Bonchev–Trinajstić information content (AvgIpc) is 3.47. The van der Waals surface area contributed by atoms with Crippen molar-refractivity contribution in [1.82, 2.24) is 9.97 Å². The molecule has 0 atom stereocenters. The molecule has 2 heterocycles. The van der Waals surface area contributed by atoms with Gasteiger partial charge in [0.1, 0.15) is 11.2 Å². The summed E-state index contributed by atoms with van der Waals surface area (Å²) < 4.78 is 6.48. The number of rotatable bonds is 2. The molecule has 0 saturated heterocycles. The lowest BCUT2D eigenvalue weighted by Gasteiger charge is -2.12. The first-order valence-electron chi connectivity index (χ1n) is 15.2. The molecule has 0 spiro atoms. The molecule has 45 heavy (non-hydrogen) atoms. The summed E-state index contributed by atoms with van der Waals surface area (Å²) in [7, 11) is 0. The van der Waals surface area contributed by atoms with Gasteiger partial charge in [0.15, 0.2) is 5.82 Å². The van der Waals surface area contributed by atoms with E-state index in [0.717, 1.165) is 55.0 Å². The van der Waals surface area contributed by atoms with E-state index < -0.39 is 0 Å². The molecule has 10 aromatic rings. The number of furan rings is 1. The number of fused-ring (bicyclic) bond motifs is 12. The molecule has 10 rings (SSSR count). The van der Waals surface area contributed by atoms with Crippen molar-refractivity contribution in [2.24, 2.45) is 0 Å². The average molecular weight is 573 g/mol. The lowest BCUT2D eigenvalue weighted by atomic mass is 9.93. The van der Waals surface area contributed by atoms with E-state index in [1.165, 1.54) is 37.7 Å². The lowest BCUT2D eigenvalue weighted by Crippen LogP contribution is -1.96. The maximum atomic E-state index is 6.48. The first-order chi connectivity index (χ1) is 22.3. The zero-order valence-electron chi connectivity index (χ0n) is 24.2. The van der Waals surface area contributed by atoms with E-state index in [1.54, 1.807) is 0 Å². The second kappa shape index (κ2) is 9.22. The number of benzene rings is 8. The van der Waals surface area contributed by atoms with E-state index in [4.69, 9.17) is 14.4 Å². The topological polar surface area (TPSA) is 38.9 Å². The van der Waals surface area contributed by atoms with Crippen LogP contribution in [0.2, 0.25) is 0 Å². The molecule has 3 nitrogen and oxygen atoms in total. The molecule has 0 bridgehead atoms.